The highest BCUT2D eigenvalue weighted by molar-refractivity contribution is 5.27. The number of hydrogen-bond donors (Lipinski definition) is 1. The van der Waals surface area contributed by atoms with E-state index in [9.17, 15) is 9.50 Å². The number of halogens is 1. The molecule has 3 heteroatoms. The quantitative estimate of drug-likeness (QED) is 0.755. The first-order chi connectivity index (χ1) is 7.63. The van der Waals surface area contributed by atoms with Crippen LogP contribution in [0.4, 0.5) is 4.39 Å². The molecule has 0 aliphatic heterocycles. The number of methoxy groups -OCH3 is 1. The summed E-state index contributed by atoms with van der Waals surface area (Å²) in [5.74, 6) is -0.227. The van der Waals surface area contributed by atoms with Gasteiger partial charge in [0.15, 0.2) is 0 Å². The fourth-order valence-electron chi connectivity index (χ4n) is 1.71. The van der Waals surface area contributed by atoms with E-state index in [1.54, 1.807) is 13.2 Å². The summed E-state index contributed by atoms with van der Waals surface area (Å²) in [7, 11) is 1.65. The summed E-state index contributed by atoms with van der Waals surface area (Å²) in [5.41, 5.74) is 1.90. The van der Waals surface area contributed by atoms with E-state index in [-0.39, 0.29) is 11.9 Å². The summed E-state index contributed by atoms with van der Waals surface area (Å²) in [6, 6.07) is 4.67. The summed E-state index contributed by atoms with van der Waals surface area (Å²) >= 11 is 0. The topological polar surface area (TPSA) is 29.5 Å². The molecule has 0 aromatic heterocycles. The van der Waals surface area contributed by atoms with Crippen molar-refractivity contribution in [2.45, 2.75) is 32.3 Å². The van der Waals surface area contributed by atoms with Crippen LogP contribution in [0.15, 0.2) is 18.2 Å². The third-order valence-electron chi connectivity index (χ3n) is 2.65. The van der Waals surface area contributed by atoms with Gasteiger partial charge >= 0.3 is 0 Å². The third kappa shape index (κ3) is 4.29. The van der Waals surface area contributed by atoms with E-state index in [0.29, 0.717) is 19.4 Å². The van der Waals surface area contributed by atoms with E-state index in [2.05, 4.69) is 0 Å². The van der Waals surface area contributed by atoms with Crippen LogP contribution in [0.5, 0.6) is 0 Å². The normalized spacial score (nSPS) is 12.8. The van der Waals surface area contributed by atoms with Crippen LogP contribution >= 0.6 is 0 Å². The predicted octanol–water partition coefficient (Wildman–Crippen LogP) is 2.46. The zero-order valence-electron chi connectivity index (χ0n) is 9.87. The maximum Gasteiger partial charge on any atom is 0.123 e. The van der Waals surface area contributed by atoms with Gasteiger partial charge in [-0.3, -0.25) is 0 Å². The lowest BCUT2D eigenvalue weighted by molar-refractivity contribution is 0.135. The van der Waals surface area contributed by atoms with Crippen molar-refractivity contribution in [1.29, 1.82) is 0 Å². The lowest BCUT2D eigenvalue weighted by Crippen LogP contribution is -2.12. The molecule has 0 bridgehead atoms. The molecule has 1 aromatic carbocycles. The molecule has 0 amide bonds. The molecule has 0 aliphatic rings. The number of aryl methyl sites for hydroxylation is 1. The van der Waals surface area contributed by atoms with E-state index in [1.165, 1.54) is 12.1 Å². The Balaban J connectivity index is 2.46. The number of aliphatic hydroxyl groups excluding tert-OH is 1. The summed E-state index contributed by atoms with van der Waals surface area (Å²) in [5, 5.41) is 9.77. The van der Waals surface area contributed by atoms with Gasteiger partial charge in [-0.2, -0.15) is 0 Å². The van der Waals surface area contributed by atoms with Gasteiger partial charge in [-0.25, -0.2) is 4.39 Å². The van der Waals surface area contributed by atoms with Gasteiger partial charge in [0.2, 0.25) is 0 Å². The lowest BCUT2D eigenvalue weighted by Gasteiger charge is -2.12. The van der Waals surface area contributed by atoms with E-state index in [1.807, 2.05) is 6.92 Å². The average Bonchev–Trinajstić information content (AvgIpc) is 2.23. The van der Waals surface area contributed by atoms with Gasteiger partial charge in [-0.1, -0.05) is 6.07 Å². The molecule has 0 aliphatic carbocycles. The summed E-state index contributed by atoms with van der Waals surface area (Å²) in [4.78, 5) is 0. The highest BCUT2D eigenvalue weighted by Gasteiger charge is 2.07. The van der Waals surface area contributed by atoms with Gasteiger partial charge in [0.05, 0.1) is 6.10 Å². The fourth-order valence-corrected chi connectivity index (χ4v) is 1.71. The first-order valence-electron chi connectivity index (χ1n) is 5.55. The second-order valence-electron chi connectivity index (χ2n) is 4.06. The Hall–Kier alpha value is -0.930. The second-order valence-corrected chi connectivity index (χ2v) is 4.06. The maximum atomic E-state index is 12.9. The van der Waals surface area contributed by atoms with E-state index in [0.717, 1.165) is 17.5 Å². The van der Waals surface area contributed by atoms with Gasteiger partial charge in [-0.05, 0) is 49.4 Å². The molecule has 1 unspecified atom stereocenters. The molecule has 2 nitrogen and oxygen atoms in total. The minimum absolute atomic E-state index is 0.227. The van der Waals surface area contributed by atoms with Crippen LogP contribution in [-0.2, 0) is 11.2 Å². The minimum Gasteiger partial charge on any atom is -0.393 e. The smallest absolute Gasteiger partial charge is 0.123 e. The van der Waals surface area contributed by atoms with Gasteiger partial charge < -0.3 is 9.84 Å². The second kappa shape index (κ2) is 6.61. The molecule has 0 radical (unpaired) electrons. The first kappa shape index (κ1) is 13.1. The molecule has 1 rings (SSSR count). The van der Waals surface area contributed by atoms with Crippen LogP contribution < -0.4 is 0 Å². The molecule has 0 spiro atoms. The molecule has 0 heterocycles. The fraction of sp³-hybridized carbons (Fsp3) is 0.538. The first-order valence-corrected chi connectivity index (χ1v) is 5.55. The molecule has 1 N–H and O–H groups in total. The number of hydrogen-bond acceptors (Lipinski definition) is 2. The predicted molar refractivity (Wildman–Crippen MR) is 62.0 cm³/mol. The third-order valence-corrected chi connectivity index (χ3v) is 2.65. The Morgan fingerprint density at radius 2 is 2.19 bits per heavy atom. The molecule has 1 aromatic rings. The van der Waals surface area contributed by atoms with E-state index < -0.39 is 0 Å². The van der Waals surface area contributed by atoms with Crippen molar-refractivity contribution in [3.63, 3.8) is 0 Å². The van der Waals surface area contributed by atoms with E-state index in [4.69, 9.17) is 4.74 Å². The standard InChI is InChI=1S/C13H19FO2/c1-10-8-12(14)6-5-11(10)9-13(15)4-3-7-16-2/h5-6,8,13,15H,3-4,7,9H2,1-2H3. The van der Waals surface area contributed by atoms with Gasteiger partial charge in [-0.15, -0.1) is 0 Å². The van der Waals surface area contributed by atoms with Gasteiger partial charge in [0.1, 0.15) is 5.82 Å². The van der Waals surface area contributed by atoms with E-state index >= 15 is 0 Å². The monoisotopic (exact) mass is 226 g/mol. The van der Waals surface area contributed by atoms with Crippen LogP contribution in [0.3, 0.4) is 0 Å². The summed E-state index contributed by atoms with van der Waals surface area (Å²) in [6.07, 6.45) is 1.76. The van der Waals surface area contributed by atoms with Crippen LogP contribution in [-0.4, -0.2) is 24.9 Å². The van der Waals surface area contributed by atoms with Crippen LogP contribution in [0.25, 0.3) is 0 Å². The number of ether oxygens (including phenoxy) is 1. The van der Waals surface area contributed by atoms with Crippen molar-refractivity contribution >= 4 is 0 Å². The SMILES string of the molecule is COCCCC(O)Cc1ccc(F)cc1C. The highest BCUT2D eigenvalue weighted by atomic mass is 19.1. The van der Waals surface area contributed by atoms with Crippen molar-refractivity contribution in [2.75, 3.05) is 13.7 Å². The van der Waals surface area contributed by atoms with Gasteiger partial charge in [0, 0.05) is 13.7 Å². The van der Waals surface area contributed by atoms with Crippen molar-refractivity contribution < 1.29 is 14.2 Å². The van der Waals surface area contributed by atoms with Crippen LogP contribution in [0.2, 0.25) is 0 Å². The van der Waals surface area contributed by atoms with Crippen molar-refractivity contribution in [1.82, 2.24) is 0 Å². The molecule has 0 saturated carbocycles. The van der Waals surface area contributed by atoms with Crippen molar-refractivity contribution in [2.24, 2.45) is 0 Å². The van der Waals surface area contributed by atoms with Gasteiger partial charge in [0.25, 0.3) is 0 Å². The maximum absolute atomic E-state index is 12.9. The molecular formula is C13H19FO2. The van der Waals surface area contributed by atoms with Crippen molar-refractivity contribution in [3.05, 3.63) is 35.1 Å². The Morgan fingerprint density at radius 3 is 2.81 bits per heavy atom. The number of benzene rings is 1. The van der Waals surface area contributed by atoms with Crippen LogP contribution in [0.1, 0.15) is 24.0 Å². The number of aliphatic hydroxyl groups is 1. The Bertz CT molecular complexity index is 326. The summed E-state index contributed by atoms with van der Waals surface area (Å²) in [6.45, 7) is 2.53. The van der Waals surface area contributed by atoms with Crippen molar-refractivity contribution in [3.8, 4) is 0 Å². The minimum atomic E-state index is -0.376. The molecule has 0 saturated heterocycles. The lowest BCUT2D eigenvalue weighted by atomic mass is 10.0. The zero-order chi connectivity index (χ0) is 12.0. The molecule has 90 valence electrons. The average molecular weight is 226 g/mol. The highest BCUT2D eigenvalue weighted by Crippen LogP contribution is 2.14. The Labute approximate surface area is 96.1 Å². The largest absolute Gasteiger partial charge is 0.393 e. The summed E-state index contributed by atoms with van der Waals surface area (Å²) < 4.78 is 17.8. The zero-order valence-corrected chi connectivity index (χ0v) is 9.87. The molecule has 0 fully saturated rings. The Morgan fingerprint density at radius 1 is 1.44 bits per heavy atom. The van der Waals surface area contributed by atoms with Crippen LogP contribution in [0, 0.1) is 12.7 Å². The molecule has 16 heavy (non-hydrogen) atoms. The molecule has 1 atom stereocenters. The number of rotatable bonds is 6. The molecular weight excluding hydrogens is 207 g/mol. The Kier molecular flexibility index (Phi) is 5.43.